The van der Waals surface area contributed by atoms with Crippen molar-refractivity contribution in [3.63, 3.8) is 0 Å². The molecule has 22 heavy (non-hydrogen) atoms. The summed E-state index contributed by atoms with van der Waals surface area (Å²) in [5, 5.41) is 10.0. The summed E-state index contributed by atoms with van der Waals surface area (Å²) in [7, 11) is 0. The highest BCUT2D eigenvalue weighted by Crippen LogP contribution is 2.21. The van der Waals surface area contributed by atoms with Gasteiger partial charge in [-0.2, -0.15) is 0 Å². The molecule has 2 heterocycles. The molecule has 1 N–H and O–H groups in total. The van der Waals surface area contributed by atoms with Crippen molar-refractivity contribution in [1.29, 1.82) is 0 Å². The molecule has 1 aliphatic heterocycles. The van der Waals surface area contributed by atoms with E-state index < -0.39 is 0 Å². The van der Waals surface area contributed by atoms with Gasteiger partial charge in [-0.15, -0.1) is 0 Å². The van der Waals surface area contributed by atoms with Crippen molar-refractivity contribution < 1.29 is 9.50 Å². The Hall–Kier alpha value is -1.56. The molecule has 3 rings (SSSR count). The first kappa shape index (κ1) is 15.3. The third kappa shape index (κ3) is 3.43. The molecule has 2 aromatic rings. The van der Waals surface area contributed by atoms with Crippen LogP contribution in [0.5, 0.6) is 0 Å². The number of hydrogen-bond acceptors (Lipinski definition) is 4. The van der Waals surface area contributed by atoms with E-state index in [0.29, 0.717) is 5.39 Å². The summed E-state index contributed by atoms with van der Waals surface area (Å²) in [5.41, 5.74) is 1.83. The number of nitrogens with zero attached hydrogens (tertiary/aromatic N) is 3. The van der Waals surface area contributed by atoms with Gasteiger partial charge in [0.1, 0.15) is 5.82 Å². The van der Waals surface area contributed by atoms with E-state index >= 15 is 0 Å². The van der Waals surface area contributed by atoms with Crippen molar-refractivity contribution in [2.75, 3.05) is 32.7 Å². The normalized spacial score (nSPS) is 18.7. The van der Waals surface area contributed by atoms with Gasteiger partial charge in [-0.25, -0.2) is 4.39 Å². The van der Waals surface area contributed by atoms with Gasteiger partial charge in [0.05, 0.1) is 11.6 Å². The summed E-state index contributed by atoms with van der Waals surface area (Å²) in [6.45, 7) is 7.17. The molecule has 1 atom stereocenters. The van der Waals surface area contributed by atoms with Crippen LogP contribution < -0.4 is 0 Å². The molecule has 0 amide bonds. The van der Waals surface area contributed by atoms with Gasteiger partial charge in [0.25, 0.3) is 0 Å². The van der Waals surface area contributed by atoms with Gasteiger partial charge in [-0.1, -0.05) is 6.07 Å². The Morgan fingerprint density at radius 1 is 1.18 bits per heavy atom. The highest BCUT2D eigenvalue weighted by atomic mass is 19.1. The zero-order valence-electron chi connectivity index (χ0n) is 12.9. The van der Waals surface area contributed by atoms with Crippen molar-refractivity contribution in [3.05, 3.63) is 41.8 Å². The van der Waals surface area contributed by atoms with Gasteiger partial charge in [0.2, 0.25) is 0 Å². The van der Waals surface area contributed by atoms with E-state index in [1.165, 1.54) is 6.07 Å². The lowest BCUT2D eigenvalue weighted by Crippen LogP contribution is -2.47. The minimum absolute atomic E-state index is 0.214. The largest absolute Gasteiger partial charge is 0.392 e. The van der Waals surface area contributed by atoms with Crippen molar-refractivity contribution >= 4 is 10.9 Å². The second kappa shape index (κ2) is 6.69. The van der Waals surface area contributed by atoms with E-state index in [0.717, 1.165) is 50.3 Å². The fourth-order valence-corrected chi connectivity index (χ4v) is 3.07. The van der Waals surface area contributed by atoms with Gasteiger partial charge in [0, 0.05) is 50.9 Å². The molecule has 0 aliphatic carbocycles. The molecule has 1 fully saturated rings. The zero-order chi connectivity index (χ0) is 15.5. The number of piperazine rings is 1. The Kier molecular flexibility index (Phi) is 4.66. The van der Waals surface area contributed by atoms with E-state index in [1.807, 2.05) is 13.0 Å². The van der Waals surface area contributed by atoms with Gasteiger partial charge in [0.15, 0.2) is 0 Å². The summed E-state index contributed by atoms with van der Waals surface area (Å²) in [6.07, 6.45) is 1.43. The first-order valence-corrected chi connectivity index (χ1v) is 7.78. The van der Waals surface area contributed by atoms with Crippen LogP contribution in [0.4, 0.5) is 4.39 Å². The monoisotopic (exact) mass is 303 g/mol. The van der Waals surface area contributed by atoms with Crippen LogP contribution in [0.15, 0.2) is 30.5 Å². The van der Waals surface area contributed by atoms with E-state index in [4.69, 9.17) is 0 Å². The summed E-state index contributed by atoms with van der Waals surface area (Å²) in [4.78, 5) is 8.99. The first-order valence-electron chi connectivity index (χ1n) is 7.78. The van der Waals surface area contributed by atoms with E-state index in [1.54, 1.807) is 18.3 Å². The van der Waals surface area contributed by atoms with Gasteiger partial charge < -0.3 is 5.11 Å². The fraction of sp³-hybridized carbons (Fsp3) is 0.471. The van der Waals surface area contributed by atoms with Crippen molar-refractivity contribution in [2.24, 2.45) is 0 Å². The predicted molar refractivity (Wildman–Crippen MR) is 85.1 cm³/mol. The standard InChI is InChI=1S/C17H22FN3O/c1-13(22)11-20-7-9-21(10-8-20)12-14-4-5-16(18)15-3-2-6-19-17(14)15/h2-6,13,22H,7-12H2,1H3. The summed E-state index contributed by atoms with van der Waals surface area (Å²) < 4.78 is 13.8. The summed E-state index contributed by atoms with van der Waals surface area (Å²) in [6, 6.07) is 6.92. The lowest BCUT2D eigenvalue weighted by Gasteiger charge is -2.35. The van der Waals surface area contributed by atoms with Crippen molar-refractivity contribution in [2.45, 2.75) is 19.6 Å². The number of pyridine rings is 1. The Labute approximate surface area is 130 Å². The Morgan fingerprint density at radius 3 is 2.64 bits per heavy atom. The molecule has 1 saturated heterocycles. The molecule has 0 saturated carbocycles. The van der Waals surface area contributed by atoms with E-state index in [2.05, 4.69) is 14.8 Å². The molecular weight excluding hydrogens is 281 g/mol. The number of aliphatic hydroxyl groups excluding tert-OH is 1. The number of benzene rings is 1. The number of aromatic nitrogens is 1. The molecule has 1 unspecified atom stereocenters. The number of β-amino-alcohol motifs (C(OH)–C–C–N with tert-alkyl or cyclic N) is 1. The van der Waals surface area contributed by atoms with Crippen LogP contribution in [0.3, 0.4) is 0 Å². The number of hydrogen-bond donors (Lipinski definition) is 1. The number of fused-ring (bicyclic) bond motifs is 1. The van der Waals surface area contributed by atoms with Crippen molar-refractivity contribution in [1.82, 2.24) is 14.8 Å². The number of rotatable bonds is 4. The number of halogens is 1. The maximum Gasteiger partial charge on any atom is 0.132 e. The Bertz CT molecular complexity index is 639. The van der Waals surface area contributed by atoms with Gasteiger partial charge >= 0.3 is 0 Å². The van der Waals surface area contributed by atoms with Gasteiger partial charge in [-0.05, 0) is 30.7 Å². The summed E-state index contributed by atoms with van der Waals surface area (Å²) >= 11 is 0. The average molecular weight is 303 g/mol. The van der Waals surface area contributed by atoms with E-state index in [9.17, 15) is 9.50 Å². The third-order valence-electron chi connectivity index (χ3n) is 4.18. The summed E-state index contributed by atoms with van der Waals surface area (Å²) in [5.74, 6) is -0.214. The van der Waals surface area contributed by atoms with Crippen LogP contribution in [0, 0.1) is 5.82 Å². The molecule has 0 spiro atoms. The molecule has 5 heteroatoms. The minimum atomic E-state index is -0.281. The van der Waals surface area contributed by atoms with Crippen LogP contribution in [0.2, 0.25) is 0 Å². The smallest absolute Gasteiger partial charge is 0.132 e. The average Bonchev–Trinajstić information content (AvgIpc) is 2.52. The molecule has 1 aromatic carbocycles. The van der Waals surface area contributed by atoms with Crippen molar-refractivity contribution in [3.8, 4) is 0 Å². The van der Waals surface area contributed by atoms with Crippen LogP contribution in [0.1, 0.15) is 12.5 Å². The SMILES string of the molecule is CC(O)CN1CCN(Cc2ccc(F)c3cccnc23)CC1. The number of aliphatic hydroxyl groups is 1. The van der Waals surface area contributed by atoms with Gasteiger partial charge in [-0.3, -0.25) is 14.8 Å². The lowest BCUT2D eigenvalue weighted by molar-refractivity contribution is 0.0782. The van der Waals surface area contributed by atoms with Crippen LogP contribution >= 0.6 is 0 Å². The highest BCUT2D eigenvalue weighted by molar-refractivity contribution is 5.82. The zero-order valence-corrected chi connectivity index (χ0v) is 12.9. The minimum Gasteiger partial charge on any atom is -0.392 e. The fourth-order valence-electron chi connectivity index (χ4n) is 3.07. The lowest BCUT2D eigenvalue weighted by atomic mass is 10.1. The molecule has 0 radical (unpaired) electrons. The Morgan fingerprint density at radius 2 is 1.91 bits per heavy atom. The highest BCUT2D eigenvalue weighted by Gasteiger charge is 2.19. The second-order valence-electron chi connectivity index (χ2n) is 6.03. The van der Waals surface area contributed by atoms with Crippen LogP contribution in [-0.2, 0) is 6.54 Å². The molecule has 118 valence electrons. The quantitative estimate of drug-likeness (QED) is 0.936. The maximum absolute atomic E-state index is 13.8. The maximum atomic E-state index is 13.8. The molecule has 1 aliphatic rings. The second-order valence-corrected chi connectivity index (χ2v) is 6.03. The molecule has 0 bridgehead atoms. The molecule has 1 aromatic heterocycles. The van der Waals surface area contributed by atoms with E-state index in [-0.39, 0.29) is 11.9 Å². The van der Waals surface area contributed by atoms with Crippen LogP contribution in [-0.4, -0.2) is 58.7 Å². The topological polar surface area (TPSA) is 39.6 Å². The third-order valence-corrected chi connectivity index (χ3v) is 4.18. The predicted octanol–water partition coefficient (Wildman–Crippen LogP) is 1.87. The Balaban J connectivity index is 1.69. The van der Waals surface area contributed by atoms with Crippen LogP contribution in [0.25, 0.3) is 10.9 Å². The molecule has 4 nitrogen and oxygen atoms in total. The molecular formula is C17H22FN3O. The first-order chi connectivity index (χ1) is 10.6.